The van der Waals surface area contributed by atoms with Gasteiger partial charge in [0.2, 0.25) is 0 Å². The van der Waals surface area contributed by atoms with Crippen molar-refractivity contribution in [3.05, 3.63) is 67.0 Å². The molecule has 0 radical (unpaired) electrons. The molecule has 0 saturated carbocycles. The molecule has 2 aromatic heterocycles. The summed E-state index contributed by atoms with van der Waals surface area (Å²) in [5.41, 5.74) is 3.42. The van der Waals surface area contributed by atoms with Crippen LogP contribution in [-0.2, 0) is 9.84 Å². The number of sulfone groups is 1. The molecule has 0 bridgehead atoms. The molecule has 5 nitrogen and oxygen atoms in total. The molecule has 27 heavy (non-hydrogen) atoms. The summed E-state index contributed by atoms with van der Waals surface area (Å²) in [5, 5.41) is 1.01. The number of furan rings is 1. The van der Waals surface area contributed by atoms with E-state index in [4.69, 9.17) is 4.42 Å². The summed E-state index contributed by atoms with van der Waals surface area (Å²) in [6.45, 7) is 0. The molecule has 0 amide bonds. The Morgan fingerprint density at radius 1 is 1.04 bits per heavy atom. The van der Waals surface area contributed by atoms with Crippen molar-refractivity contribution in [3.8, 4) is 22.7 Å². The van der Waals surface area contributed by atoms with Gasteiger partial charge >= 0.3 is 0 Å². The average molecular weight is 378 g/mol. The first kappa shape index (κ1) is 16.3. The molecule has 1 atom stereocenters. The van der Waals surface area contributed by atoms with Gasteiger partial charge in [0.25, 0.3) is 0 Å². The van der Waals surface area contributed by atoms with Crippen LogP contribution < -0.4 is 0 Å². The van der Waals surface area contributed by atoms with E-state index in [0.29, 0.717) is 12.2 Å². The van der Waals surface area contributed by atoms with Crippen LogP contribution in [0.5, 0.6) is 0 Å². The summed E-state index contributed by atoms with van der Waals surface area (Å²) in [6, 6.07) is 19.6. The Labute approximate surface area is 157 Å². The number of nitrogens with zero attached hydrogens (tertiary/aromatic N) is 2. The van der Waals surface area contributed by atoms with Crippen LogP contribution in [0, 0.1) is 0 Å². The second-order valence-corrected chi connectivity index (χ2v) is 9.15. The van der Waals surface area contributed by atoms with Gasteiger partial charge in [0.05, 0.1) is 29.6 Å². The summed E-state index contributed by atoms with van der Waals surface area (Å²) < 4.78 is 32.1. The Balaban J connectivity index is 1.72. The summed E-state index contributed by atoms with van der Waals surface area (Å²) in [5.74, 6) is 1.07. The lowest BCUT2D eigenvalue weighted by molar-refractivity contribution is 0.546. The highest BCUT2D eigenvalue weighted by molar-refractivity contribution is 7.91. The predicted octanol–water partition coefficient (Wildman–Crippen LogP) is 4.32. The molecule has 0 aliphatic carbocycles. The van der Waals surface area contributed by atoms with E-state index in [2.05, 4.69) is 4.98 Å². The van der Waals surface area contributed by atoms with Crippen LogP contribution in [0.15, 0.2) is 71.4 Å². The maximum Gasteiger partial charge on any atom is 0.154 e. The lowest BCUT2D eigenvalue weighted by Crippen LogP contribution is -2.11. The first-order valence-corrected chi connectivity index (χ1v) is 10.7. The molecule has 1 aliphatic rings. The van der Waals surface area contributed by atoms with Gasteiger partial charge < -0.3 is 8.98 Å². The number of fused-ring (bicyclic) bond motifs is 1. The van der Waals surface area contributed by atoms with Gasteiger partial charge in [0.15, 0.2) is 15.6 Å². The number of aromatic nitrogens is 2. The van der Waals surface area contributed by atoms with E-state index < -0.39 is 9.84 Å². The van der Waals surface area contributed by atoms with Gasteiger partial charge in [0, 0.05) is 10.9 Å². The number of para-hydroxylation sites is 1. The molecule has 0 N–H and O–H groups in total. The highest BCUT2D eigenvalue weighted by Crippen LogP contribution is 2.38. The van der Waals surface area contributed by atoms with Crippen molar-refractivity contribution in [1.29, 1.82) is 0 Å². The van der Waals surface area contributed by atoms with Crippen LogP contribution >= 0.6 is 0 Å². The van der Waals surface area contributed by atoms with E-state index in [-0.39, 0.29) is 17.5 Å². The maximum atomic E-state index is 12.0. The lowest BCUT2D eigenvalue weighted by atomic mass is 10.1. The molecule has 1 unspecified atom stereocenters. The van der Waals surface area contributed by atoms with Crippen molar-refractivity contribution in [2.75, 3.05) is 11.5 Å². The molecule has 3 heterocycles. The van der Waals surface area contributed by atoms with E-state index in [0.717, 1.165) is 27.9 Å². The Morgan fingerprint density at radius 3 is 2.56 bits per heavy atom. The zero-order valence-corrected chi connectivity index (χ0v) is 15.4. The standard InChI is InChI=1S/C21H18N2O3S/c24-27(25)11-10-17(13-27)23-14-22-20(15-6-2-1-3-7-15)21(23)19-12-16-8-4-5-9-18(16)26-19/h1-9,12,14,17H,10-11,13H2. The van der Waals surface area contributed by atoms with Gasteiger partial charge in [-0.05, 0) is 18.6 Å². The first-order chi connectivity index (χ1) is 13.1. The number of hydrogen-bond acceptors (Lipinski definition) is 4. The minimum absolute atomic E-state index is 0.122. The van der Waals surface area contributed by atoms with Gasteiger partial charge in [-0.2, -0.15) is 0 Å². The minimum atomic E-state index is -3.00. The van der Waals surface area contributed by atoms with Crippen molar-refractivity contribution < 1.29 is 12.8 Å². The topological polar surface area (TPSA) is 65.1 Å². The van der Waals surface area contributed by atoms with Crippen molar-refractivity contribution in [3.63, 3.8) is 0 Å². The molecular formula is C21H18N2O3S. The van der Waals surface area contributed by atoms with Crippen LogP contribution in [0.1, 0.15) is 12.5 Å². The zero-order valence-electron chi connectivity index (χ0n) is 14.6. The smallest absolute Gasteiger partial charge is 0.154 e. The molecule has 136 valence electrons. The van der Waals surface area contributed by atoms with Gasteiger partial charge in [-0.1, -0.05) is 48.5 Å². The zero-order chi connectivity index (χ0) is 18.4. The van der Waals surface area contributed by atoms with Crippen LogP contribution in [0.2, 0.25) is 0 Å². The molecule has 2 aromatic carbocycles. The van der Waals surface area contributed by atoms with E-state index >= 15 is 0 Å². The predicted molar refractivity (Wildman–Crippen MR) is 105 cm³/mol. The molecule has 4 aromatic rings. The summed E-state index contributed by atoms with van der Waals surface area (Å²) >= 11 is 0. The third kappa shape index (κ3) is 2.86. The van der Waals surface area contributed by atoms with E-state index in [1.54, 1.807) is 6.33 Å². The summed E-state index contributed by atoms with van der Waals surface area (Å²) in [6.07, 6.45) is 2.34. The number of hydrogen-bond donors (Lipinski definition) is 0. The molecule has 1 aliphatic heterocycles. The minimum Gasteiger partial charge on any atom is -0.454 e. The summed E-state index contributed by atoms with van der Waals surface area (Å²) in [4.78, 5) is 4.63. The van der Waals surface area contributed by atoms with Gasteiger partial charge in [-0.3, -0.25) is 0 Å². The first-order valence-electron chi connectivity index (χ1n) is 8.92. The van der Waals surface area contributed by atoms with Crippen LogP contribution in [0.4, 0.5) is 0 Å². The number of imidazole rings is 1. The van der Waals surface area contributed by atoms with E-state index in [9.17, 15) is 8.42 Å². The fourth-order valence-electron chi connectivity index (χ4n) is 3.78. The molecule has 6 heteroatoms. The van der Waals surface area contributed by atoms with Crippen LogP contribution in [-0.4, -0.2) is 29.5 Å². The third-order valence-electron chi connectivity index (χ3n) is 5.10. The maximum absolute atomic E-state index is 12.0. The SMILES string of the molecule is O=S1(=O)CCC(n2cnc(-c3ccccc3)c2-c2cc3ccccc3o2)C1. The van der Waals surface area contributed by atoms with Gasteiger partial charge in [0.1, 0.15) is 11.3 Å². The number of benzene rings is 2. The molecule has 0 spiro atoms. The van der Waals surface area contributed by atoms with E-state index in [1.165, 1.54) is 0 Å². The molecular weight excluding hydrogens is 360 g/mol. The fraction of sp³-hybridized carbons (Fsp3) is 0.190. The Kier molecular flexibility index (Phi) is 3.68. The quantitative estimate of drug-likeness (QED) is 0.532. The summed E-state index contributed by atoms with van der Waals surface area (Å²) in [7, 11) is -3.00. The van der Waals surface area contributed by atoms with Crippen molar-refractivity contribution in [2.45, 2.75) is 12.5 Å². The molecule has 1 saturated heterocycles. The van der Waals surface area contributed by atoms with Crippen molar-refractivity contribution in [1.82, 2.24) is 9.55 Å². The van der Waals surface area contributed by atoms with Crippen molar-refractivity contribution in [2.24, 2.45) is 0 Å². The van der Waals surface area contributed by atoms with E-state index in [1.807, 2.05) is 65.2 Å². The van der Waals surface area contributed by atoms with Crippen LogP contribution in [0.25, 0.3) is 33.7 Å². The second-order valence-electron chi connectivity index (χ2n) is 6.92. The van der Waals surface area contributed by atoms with Gasteiger partial charge in [-0.15, -0.1) is 0 Å². The highest BCUT2D eigenvalue weighted by atomic mass is 32.2. The highest BCUT2D eigenvalue weighted by Gasteiger charge is 2.32. The fourth-order valence-corrected chi connectivity index (χ4v) is 5.49. The molecule has 5 rings (SSSR count). The molecule has 1 fully saturated rings. The van der Waals surface area contributed by atoms with Crippen molar-refractivity contribution >= 4 is 20.8 Å². The monoisotopic (exact) mass is 378 g/mol. The van der Waals surface area contributed by atoms with Gasteiger partial charge in [-0.25, -0.2) is 13.4 Å². The average Bonchev–Trinajstić information content (AvgIpc) is 3.37. The largest absolute Gasteiger partial charge is 0.454 e. The lowest BCUT2D eigenvalue weighted by Gasteiger charge is -2.14. The van der Waals surface area contributed by atoms with Crippen LogP contribution in [0.3, 0.4) is 0 Å². The Hall–Kier alpha value is -2.86. The second kappa shape index (κ2) is 6.09. The Bertz CT molecular complexity index is 1190. The Morgan fingerprint density at radius 2 is 1.81 bits per heavy atom. The third-order valence-corrected chi connectivity index (χ3v) is 6.85. The number of rotatable bonds is 3. The normalized spacial score (nSPS) is 18.9.